The zero-order valence-corrected chi connectivity index (χ0v) is 3.15. The predicted molar refractivity (Wildman–Crippen MR) is 19.8 cm³/mol. The molecule has 1 fully saturated rings. The molecule has 1 heteroatoms. The molecular formula is C4H7N. The van der Waals surface area contributed by atoms with E-state index < -0.39 is 0 Å². The van der Waals surface area contributed by atoms with Gasteiger partial charge in [0.1, 0.15) is 0 Å². The average molecular weight is 69.1 g/mol. The minimum Gasteiger partial charge on any atom is -0.141 e. The van der Waals surface area contributed by atoms with E-state index in [1.807, 2.05) is 0 Å². The summed E-state index contributed by atoms with van der Waals surface area (Å²) in [7, 11) is 0. The van der Waals surface area contributed by atoms with Crippen LogP contribution in [-0.2, 0) is 0 Å². The second-order valence-electron chi connectivity index (χ2n) is 1.58. The van der Waals surface area contributed by atoms with E-state index in [9.17, 15) is 0 Å². The Hall–Kier alpha value is -0.0400. The summed E-state index contributed by atoms with van der Waals surface area (Å²) in [5, 5.41) is 0. The second kappa shape index (κ2) is 0.977. The molecule has 5 heavy (non-hydrogen) atoms. The van der Waals surface area contributed by atoms with Crippen LogP contribution >= 0.6 is 0 Å². The van der Waals surface area contributed by atoms with Crippen LogP contribution in [0.2, 0.25) is 0 Å². The van der Waals surface area contributed by atoms with E-state index in [0.717, 1.165) is 12.8 Å². The molecule has 0 N–H and O–H groups in total. The van der Waals surface area contributed by atoms with E-state index in [4.69, 9.17) is 5.73 Å². The van der Waals surface area contributed by atoms with Crippen LogP contribution in [-0.4, -0.2) is 6.04 Å². The van der Waals surface area contributed by atoms with Crippen molar-refractivity contribution in [3.63, 3.8) is 0 Å². The lowest BCUT2D eigenvalue weighted by Gasteiger charge is -2.16. The summed E-state index contributed by atoms with van der Waals surface area (Å²) >= 11 is 0. The number of rotatable bonds is 0. The molecule has 0 heterocycles. The van der Waals surface area contributed by atoms with Crippen LogP contribution in [0.1, 0.15) is 19.3 Å². The molecule has 2 radical (unpaired) electrons. The van der Waals surface area contributed by atoms with Crippen molar-refractivity contribution >= 4 is 0 Å². The Kier molecular flexibility index (Phi) is 0.618. The first-order chi connectivity index (χ1) is 2.39. The summed E-state index contributed by atoms with van der Waals surface area (Å²) in [6, 6.07) is 0.0648. The highest BCUT2D eigenvalue weighted by Gasteiger charge is 2.12. The zero-order chi connectivity index (χ0) is 3.70. The van der Waals surface area contributed by atoms with E-state index in [1.54, 1.807) is 0 Å². The van der Waals surface area contributed by atoms with E-state index >= 15 is 0 Å². The van der Waals surface area contributed by atoms with Crippen LogP contribution in [0.5, 0.6) is 0 Å². The van der Waals surface area contributed by atoms with Crippen molar-refractivity contribution in [3.05, 3.63) is 0 Å². The van der Waals surface area contributed by atoms with Crippen LogP contribution < -0.4 is 5.73 Å². The van der Waals surface area contributed by atoms with Gasteiger partial charge in [-0.05, 0) is 12.8 Å². The van der Waals surface area contributed by atoms with Gasteiger partial charge in [-0.25, -0.2) is 0 Å². The Balaban J connectivity index is 2.08. The van der Waals surface area contributed by atoms with Crippen LogP contribution in [0.3, 0.4) is 0 Å². The van der Waals surface area contributed by atoms with Gasteiger partial charge >= 0.3 is 0 Å². The molecule has 0 amide bonds. The first-order valence-corrected chi connectivity index (χ1v) is 2.07. The molecule has 0 aliphatic heterocycles. The molecule has 0 aromatic rings. The highest BCUT2D eigenvalue weighted by molar-refractivity contribution is 4.69. The molecule has 0 atom stereocenters. The second-order valence-corrected chi connectivity index (χ2v) is 1.58. The van der Waals surface area contributed by atoms with Crippen molar-refractivity contribution in [3.8, 4) is 0 Å². The van der Waals surface area contributed by atoms with E-state index in [-0.39, 0.29) is 6.04 Å². The molecule has 0 aromatic carbocycles. The fourth-order valence-electron chi connectivity index (χ4n) is 0.387. The quantitative estimate of drug-likeness (QED) is 0.397. The van der Waals surface area contributed by atoms with Gasteiger partial charge in [0.05, 0.1) is 0 Å². The predicted octanol–water partition coefficient (Wildman–Crippen LogP) is 0.608. The summed E-state index contributed by atoms with van der Waals surface area (Å²) < 4.78 is 0. The smallest absolute Gasteiger partial charge is 0.0433 e. The Morgan fingerprint density at radius 2 is 1.80 bits per heavy atom. The van der Waals surface area contributed by atoms with Gasteiger partial charge in [0, 0.05) is 6.04 Å². The molecule has 0 spiro atoms. The third-order valence-corrected chi connectivity index (χ3v) is 1.07. The van der Waals surface area contributed by atoms with E-state index in [0.29, 0.717) is 0 Å². The standard InChI is InChI=1S/C4H7N/c5-4-2-1-3-4/h4H,1-3H2. The van der Waals surface area contributed by atoms with Gasteiger partial charge in [-0.1, -0.05) is 6.42 Å². The molecule has 0 bridgehead atoms. The van der Waals surface area contributed by atoms with Crippen molar-refractivity contribution in [1.82, 2.24) is 5.73 Å². The summed E-state index contributed by atoms with van der Waals surface area (Å²) in [5.74, 6) is 0. The fraction of sp³-hybridized carbons (Fsp3) is 1.00. The highest BCUT2D eigenvalue weighted by Crippen LogP contribution is 2.15. The highest BCUT2D eigenvalue weighted by atomic mass is 14.6. The van der Waals surface area contributed by atoms with Crippen LogP contribution in [0.15, 0.2) is 0 Å². The van der Waals surface area contributed by atoms with Crippen molar-refractivity contribution in [2.24, 2.45) is 0 Å². The number of hydrogen-bond donors (Lipinski definition) is 0. The first-order valence-electron chi connectivity index (χ1n) is 2.07. The molecule has 0 aromatic heterocycles. The maximum atomic E-state index is 8.45. The Labute approximate surface area is 32.2 Å². The molecule has 0 unspecified atom stereocenters. The van der Waals surface area contributed by atoms with Gasteiger partial charge in [0.25, 0.3) is 0 Å². The van der Waals surface area contributed by atoms with Crippen molar-refractivity contribution in [2.45, 2.75) is 25.3 Å². The van der Waals surface area contributed by atoms with Crippen molar-refractivity contribution in [2.75, 3.05) is 0 Å². The number of nitrogens with zero attached hydrogens (tertiary/aromatic N) is 1. The zero-order valence-electron chi connectivity index (χ0n) is 3.15. The summed E-state index contributed by atoms with van der Waals surface area (Å²) in [4.78, 5) is 0. The van der Waals surface area contributed by atoms with E-state index in [2.05, 4.69) is 0 Å². The molecule has 1 rings (SSSR count). The fourth-order valence-corrected chi connectivity index (χ4v) is 0.387. The largest absolute Gasteiger partial charge is 0.141 e. The minimum absolute atomic E-state index is 0.0648. The lowest BCUT2D eigenvalue weighted by Crippen LogP contribution is -2.17. The molecule has 0 saturated heterocycles. The molecule has 1 aliphatic rings. The van der Waals surface area contributed by atoms with Crippen molar-refractivity contribution < 1.29 is 0 Å². The van der Waals surface area contributed by atoms with Gasteiger partial charge in [-0.2, -0.15) is 0 Å². The lowest BCUT2D eigenvalue weighted by atomic mass is 9.95. The average Bonchev–Trinajstić information content (AvgIpc) is 1.30. The van der Waals surface area contributed by atoms with E-state index in [1.165, 1.54) is 6.42 Å². The number of hydrogen-bond acceptors (Lipinski definition) is 0. The molecule has 28 valence electrons. The van der Waals surface area contributed by atoms with Gasteiger partial charge in [0.15, 0.2) is 0 Å². The SMILES string of the molecule is [N]C1CCC1. The summed E-state index contributed by atoms with van der Waals surface area (Å²) in [5.41, 5.74) is 8.45. The third kappa shape index (κ3) is 0.428. The first kappa shape index (κ1) is 3.16. The van der Waals surface area contributed by atoms with Crippen LogP contribution in [0.25, 0.3) is 0 Å². The normalized spacial score (nSPS) is 25.8. The summed E-state index contributed by atoms with van der Waals surface area (Å²) in [6.45, 7) is 0. The molecule has 1 aliphatic carbocycles. The Morgan fingerprint density at radius 3 is 1.80 bits per heavy atom. The topological polar surface area (TPSA) is 22.3 Å². The van der Waals surface area contributed by atoms with Gasteiger partial charge in [-0.15, -0.1) is 5.73 Å². The summed E-state index contributed by atoms with van der Waals surface area (Å²) in [6.07, 6.45) is 3.32. The maximum Gasteiger partial charge on any atom is 0.0433 e. The third-order valence-electron chi connectivity index (χ3n) is 1.07. The Morgan fingerprint density at radius 1 is 1.40 bits per heavy atom. The molecule has 1 saturated carbocycles. The molecule has 1 nitrogen and oxygen atoms in total. The monoisotopic (exact) mass is 69.1 g/mol. The van der Waals surface area contributed by atoms with Crippen LogP contribution in [0.4, 0.5) is 0 Å². The van der Waals surface area contributed by atoms with Gasteiger partial charge in [0.2, 0.25) is 0 Å². The van der Waals surface area contributed by atoms with Gasteiger partial charge in [-0.3, -0.25) is 0 Å². The maximum absolute atomic E-state index is 8.45. The van der Waals surface area contributed by atoms with Crippen molar-refractivity contribution in [1.29, 1.82) is 0 Å². The molecular weight excluding hydrogens is 62.1 g/mol. The lowest BCUT2D eigenvalue weighted by molar-refractivity contribution is 0.406. The van der Waals surface area contributed by atoms with Gasteiger partial charge < -0.3 is 0 Å². The van der Waals surface area contributed by atoms with Crippen LogP contribution in [0, 0.1) is 0 Å². The minimum atomic E-state index is 0.0648. The Bertz CT molecular complexity index is 30.6.